The zero-order valence-electron chi connectivity index (χ0n) is 8.54. The van der Waals surface area contributed by atoms with Crippen LogP contribution in [0.4, 0.5) is 0 Å². The Morgan fingerprint density at radius 3 is 2.43 bits per heavy atom. The fraction of sp³-hybridized carbons (Fsp3) is 0.500. The normalized spacial score (nSPS) is 12.8. The zero-order chi connectivity index (χ0) is 10.4. The predicted octanol–water partition coefficient (Wildman–Crippen LogP) is 4.37. The Morgan fingerprint density at radius 1 is 1.29 bits per heavy atom. The Balaban J connectivity index is 2.41. The predicted molar refractivity (Wildman–Crippen MR) is 74.7 cm³/mol. The van der Waals surface area contributed by atoms with E-state index in [0.29, 0.717) is 0 Å². The Labute approximate surface area is 106 Å². The van der Waals surface area contributed by atoms with Crippen molar-refractivity contribution in [1.29, 1.82) is 0 Å². The lowest BCUT2D eigenvalue weighted by atomic mass is 9.99. The summed E-state index contributed by atoms with van der Waals surface area (Å²) in [5.74, 6) is 0.881. The van der Waals surface area contributed by atoms with E-state index in [2.05, 4.69) is 66.4 Å². The molecule has 1 unspecified atom stereocenters. The molecule has 0 spiro atoms. The third kappa shape index (κ3) is 4.22. The highest BCUT2D eigenvalue weighted by atomic mass is 127. The van der Waals surface area contributed by atoms with E-state index >= 15 is 0 Å². The average molecular weight is 320 g/mol. The van der Waals surface area contributed by atoms with E-state index in [1.54, 1.807) is 0 Å². The molecule has 0 bridgehead atoms. The standard InChI is InChI=1S/C12H17IS/c1-2-10(9-13)3-4-11-5-7-12(14)8-6-11/h5-8,10,14H,2-4,9H2,1H3. The van der Waals surface area contributed by atoms with E-state index in [4.69, 9.17) is 0 Å². The van der Waals surface area contributed by atoms with Crippen LogP contribution in [-0.2, 0) is 6.42 Å². The van der Waals surface area contributed by atoms with Crippen LogP contribution in [0.3, 0.4) is 0 Å². The van der Waals surface area contributed by atoms with Gasteiger partial charge in [0.25, 0.3) is 0 Å². The smallest absolute Gasteiger partial charge is 0.00401 e. The fourth-order valence-electron chi connectivity index (χ4n) is 1.42. The van der Waals surface area contributed by atoms with Gasteiger partial charge in [0.15, 0.2) is 0 Å². The summed E-state index contributed by atoms with van der Waals surface area (Å²) >= 11 is 6.76. The van der Waals surface area contributed by atoms with Gasteiger partial charge in [-0.15, -0.1) is 12.6 Å². The van der Waals surface area contributed by atoms with Crippen molar-refractivity contribution in [2.45, 2.75) is 31.1 Å². The largest absolute Gasteiger partial charge is 0.143 e. The van der Waals surface area contributed by atoms with Crippen molar-refractivity contribution in [3.8, 4) is 0 Å². The molecule has 78 valence electrons. The summed E-state index contributed by atoms with van der Waals surface area (Å²) < 4.78 is 1.28. The summed E-state index contributed by atoms with van der Waals surface area (Å²) in [6, 6.07) is 8.51. The molecule has 2 heteroatoms. The number of hydrogen-bond donors (Lipinski definition) is 1. The van der Waals surface area contributed by atoms with Gasteiger partial charge >= 0.3 is 0 Å². The highest BCUT2D eigenvalue weighted by Crippen LogP contribution is 2.16. The lowest BCUT2D eigenvalue weighted by molar-refractivity contribution is 0.532. The molecule has 0 N–H and O–H groups in total. The fourth-order valence-corrected chi connectivity index (χ4v) is 2.64. The first-order chi connectivity index (χ1) is 6.76. The van der Waals surface area contributed by atoms with Crippen molar-refractivity contribution in [2.75, 3.05) is 4.43 Å². The number of rotatable bonds is 5. The molecule has 0 heterocycles. The average Bonchev–Trinajstić information content (AvgIpc) is 2.22. The lowest BCUT2D eigenvalue weighted by Gasteiger charge is -2.10. The van der Waals surface area contributed by atoms with Gasteiger partial charge < -0.3 is 0 Å². The van der Waals surface area contributed by atoms with E-state index in [-0.39, 0.29) is 0 Å². The van der Waals surface area contributed by atoms with E-state index in [0.717, 1.165) is 10.8 Å². The van der Waals surface area contributed by atoms with Crippen molar-refractivity contribution in [1.82, 2.24) is 0 Å². The second-order valence-electron chi connectivity index (χ2n) is 3.63. The molecule has 0 aliphatic rings. The summed E-state index contributed by atoms with van der Waals surface area (Å²) in [5.41, 5.74) is 1.44. The molecule has 0 fully saturated rings. The minimum Gasteiger partial charge on any atom is -0.143 e. The molecular formula is C12H17IS. The molecular weight excluding hydrogens is 303 g/mol. The number of halogens is 1. The SMILES string of the molecule is CCC(CI)CCc1ccc(S)cc1. The summed E-state index contributed by atoms with van der Waals surface area (Å²) in [4.78, 5) is 1.05. The molecule has 0 aliphatic carbocycles. The van der Waals surface area contributed by atoms with Crippen LogP contribution in [0.25, 0.3) is 0 Å². The summed E-state index contributed by atoms with van der Waals surface area (Å²) in [6.45, 7) is 2.28. The van der Waals surface area contributed by atoms with Crippen LogP contribution in [0.1, 0.15) is 25.3 Å². The van der Waals surface area contributed by atoms with Gasteiger partial charge in [-0.3, -0.25) is 0 Å². The maximum atomic E-state index is 4.28. The topological polar surface area (TPSA) is 0 Å². The van der Waals surface area contributed by atoms with Crippen LogP contribution in [0.15, 0.2) is 29.2 Å². The zero-order valence-corrected chi connectivity index (χ0v) is 11.6. The molecule has 1 atom stereocenters. The number of aryl methyl sites for hydroxylation is 1. The first-order valence-corrected chi connectivity index (χ1v) is 7.07. The molecule has 0 radical (unpaired) electrons. The molecule has 0 nitrogen and oxygen atoms in total. The van der Waals surface area contributed by atoms with Crippen LogP contribution >= 0.6 is 35.2 Å². The third-order valence-electron chi connectivity index (χ3n) is 2.57. The molecule has 0 saturated carbocycles. The van der Waals surface area contributed by atoms with Gasteiger partial charge in [-0.1, -0.05) is 48.1 Å². The van der Waals surface area contributed by atoms with Crippen molar-refractivity contribution in [3.63, 3.8) is 0 Å². The molecule has 1 rings (SSSR count). The maximum Gasteiger partial charge on any atom is 0.00401 e. The molecule has 0 amide bonds. The summed E-state index contributed by atoms with van der Waals surface area (Å²) in [6.07, 6.45) is 3.81. The van der Waals surface area contributed by atoms with Crippen molar-refractivity contribution < 1.29 is 0 Å². The molecule has 1 aromatic carbocycles. The number of alkyl halides is 1. The number of thiol groups is 1. The van der Waals surface area contributed by atoms with Gasteiger partial charge in [0.2, 0.25) is 0 Å². The maximum absolute atomic E-state index is 4.28. The van der Waals surface area contributed by atoms with Crippen molar-refractivity contribution >= 4 is 35.2 Å². The Kier molecular flexibility index (Phi) is 5.94. The number of benzene rings is 1. The monoisotopic (exact) mass is 320 g/mol. The minimum atomic E-state index is 0.881. The molecule has 0 aliphatic heterocycles. The van der Waals surface area contributed by atoms with Crippen molar-refractivity contribution in [2.24, 2.45) is 5.92 Å². The van der Waals surface area contributed by atoms with Gasteiger partial charge in [-0.05, 0) is 36.5 Å². The Morgan fingerprint density at radius 2 is 1.93 bits per heavy atom. The van der Waals surface area contributed by atoms with E-state index in [1.165, 1.54) is 29.3 Å². The Hall–Kier alpha value is 0.300. The second-order valence-corrected chi connectivity index (χ2v) is 5.03. The van der Waals surface area contributed by atoms with Gasteiger partial charge in [-0.2, -0.15) is 0 Å². The number of hydrogen-bond acceptors (Lipinski definition) is 1. The van der Waals surface area contributed by atoms with Crippen LogP contribution < -0.4 is 0 Å². The first-order valence-electron chi connectivity index (χ1n) is 5.10. The van der Waals surface area contributed by atoms with Crippen LogP contribution in [0, 0.1) is 5.92 Å². The third-order valence-corrected chi connectivity index (χ3v) is 4.12. The van der Waals surface area contributed by atoms with Crippen molar-refractivity contribution in [3.05, 3.63) is 29.8 Å². The Bertz CT molecular complexity index is 252. The lowest BCUT2D eigenvalue weighted by Crippen LogP contribution is -2.01. The first kappa shape index (κ1) is 12.4. The van der Waals surface area contributed by atoms with Gasteiger partial charge in [-0.25, -0.2) is 0 Å². The van der Waals surface area contributed by atoms with E-state index < -0.39 is 0 Å². The quantitative estimate of drug-likeness (QED) is 0.465. The molecule has 1 aromatic rings. The van der Waals surface area contributed by atoms with E-state index in [9.17, 15) is 0 Å². The molecule has 14 heavy (non-hydrogen) atoms. The highest BCUT2D eigenvalue weighted by Gasteiger charge is 2.04. The van der Waals surface area contributed by atoms with Gasteiger partial charge in [0.1, 0.15) is 0 Å². The second kappa shape index (κ2) is 6.72. The molecule has 0 saturated heterocycles. The summed E-state index contributed by atoms with van der Waals surface area (Å²) in [7, 11) is 0. The van der Waals surface area contributed by atoms with Crippen LogP contribution in [0.5, 0.6) is 0 Å². The minimum absolute atomic E-state index is 0.881. The van der Waals surface area contributed by atoms with Gasteiger partial charge in [0.05, 0.1) is 0 Å². The molecule has 0 aromatic heterocycles. The highest BCUT2D eigenvalue weighted by molar-refractivity contribution is 14.1. The van der Waals surface area contributed by atoms with Crippen LogP contribution in [0.2, 0.25) is 0 Å². The van der Waals surface area contributed by atoms with E-state index in [1.807, 2.05) is 0 Å². The van der Waals surface area contributed by atoms with Crippen LogP contribution in [-0.4, -0.2) is 4.43 Å². The van der Waals surface area contributed by atoms with Gasteiger partial charge in [0, 0.05) is 9.32 Å². The summed E-state index contributed by atoms with van der Waals surface area (Å²) in [5, 5.41) is 0.